The highest BCUT2D eigenvalue weighted by molar-refractivity contribution is 6.21. The van der Waals surface area contributed by atoms with Crippen molar-refractivity contribution in [2.75, 3.05) is 13.6 Å². The molecular weight excluding hydrogens is 224 g/mol. The fraction of sp³-hybridized carbons (Fsp3) is 0.200. The molecule has 0 saturated carbocycles. The van der Waals surface area contributed by atoms with Crippen molar-refractivity contribution in [3.63, 3.8) is 0 Å². The molecule has 0 aromatic rings. The third-order valence-electron chi connectivity index (χ3n) is 1.81. The van der Waals surface area contributed by atoms with E-state index in [1.807, 2.05) is 0 Å². The van der Waals surface area contributed by atoms with Crippen LogP contribution < -0.4 is 0 Å². The molecule has 0 atom stereocenters. The second-order valence-electron chi connectivity index (χ2n) is 3.12. The van der Waals surface area contributed by atoms with Crippen LogP contribution in [0.2, 0.25) is 0 Å². The van der Waals surface area contributed by atoms with Crippen LogP contribution in [0.3, 0.4) is 0 Å². The van der Waals surface area contributed by atoms with Crippen molar-refractivity contribution in [1.29, 1.82) is 0 Å². The van der Waals surface area contributed by atoms with Crippen LogP contribution in [0.4, 0.5) is 0 Å². The Balaban J connectivity index is 2.83. The van der Waals surface area contributed by atoms with Gasteiger partial charge in [-0.2, -0.15) is 10.2 Å². The Bertz CT molecular complexity index is 412. The van der Waals surface area contributed by atoms with E-state index in [-0.39, 0.29) is 0 Å². The molecule has 0 unspecified atom stereocenters. The van der Waals surface area contributed by atoms with Crippen LogP contribution >= 0.6 is 0 Å². The Hall–Kier alpha value is -2.44. The number of nitrogens with zero attached hydrogens (tertiary/aromatic N) is 4. The number of aliphatic carboxylic acids is 1. The van der Waals surface area contributed by atoms with E-state index >= 15 is 0 Å². The summed E-state index contributed by atoms with van der Waals surface area (Å²) >= 11 is 0. The number of rotatable bonds is 5. The number of likely N-dealkylation sites (N-methyl/N-ethyl adjacent to an activating group) is 1. The minimum absolute atomic E-state index is 0.579. The van der Waals surface area contributed by atoms with Gasteiger partial charge < -0.3 is 5.11 Å². The predicted molar refractivity (Wildman–Crippen MR) is 62.4 cm³/mol. The summed E-state index contributed by atoms with van der Waals surface area (Å²) in [5.41, 5.74) is 0.596. The average molecular weight is 236 g/mol. The molecule has 1 rings (SSSR count). The van der Waals surface area contributed by atoms with E-state index in [2.05, 4.69) is 10.2 Å². The maximum absolute atomic E-state index is 10.4. The molecule has 0 spiro atoms. The fourth-order valence-corrected chi connectivity index (χ4v) is 1.06. The number of hydrogen-bond donors (Lipinski definition) is 1. The van der Waals surface area contributed by atoms with Gasteiger partial charge >= 0.3 is 5.97 Å². The van der Waals surface area contributed by atoms with E-state index < -0.39 is 5.97 Å². The molecule has 0 bridgehead atoms. The molecule has 17 heavy (non-hydrogen) atoms. The van der Waals surface area contributed by atoms with E-state index in [0.29, 0.717) is 18.5 Å². The maximum Gasteiger partial charge on any atom is 0.348 e. The standard InChI is InChI=1S/C10H12N4O3/c1-13-5-3-9(7-11-13)14(4-2-6-15)12-8-10(16)17/h2-4,6-8H,5H2,1H3,(H,16,17)/b4-2-,12-8+. The lowest BCUT2D eigenvalue weighted by atomic mass is 10.3. The number of carbonyl (C=O) groups excluding carboxylic acids is 1. The SMILES string of the molecule is CN1CC=C(N(/C=C\C=O)/N=C/C(=O)O)C=N1. The minimum atomic E-state index is -1.17. The summed E-state index contributed by atoms with van der Waals surface area (Å²) < 4.78 is 0. The van der Waals surface area contributed by atoms with Crippen molar-refractivity contribution >= 4 is 24.7 Å². The zero-order chi connectivity index (χ0) is 12.7. The first kappa shape index (κ1) is 12.6. The van der Waals surface area contributed by atoms with Gasteiger partial charge in [-0.3, -0.25) is 9.80 Å². The molecule has 7 nitrogen and oxygen atoms in total. The van der Waals surface area contributed by atoms with Gasteiger partial charge in [-0.25, -0.2) is 9.80 Å². The second kappa shape index (κ2) is 6.21. The van der Waals surface area contributed by atoms with Crippen molar-refractivity contribution in [3.05, 3.63) is 24.0 Å². The van der Waals surface area contributed by atoms with Gasteiger partial charge in [0.25, 0.3) is 0 Å². The Kier molecular flexibility index (Phi) is 4.61. The van der Waals surface area contributed by atoms with Crippen LogP contribution in [0.5, 0.6) is 0 Å². The molecule has 1 heterocycles. The molecule has 0 aromatic carbocycles. The molecule has 1 aliphatic heterocycles. The third kappa shape index (κ3) is 4.29. The largest absolute Gasteiger partial charge is 0.477 e. The molecule has 0 aromatic heterocycles. The van der Waals surface area contributed by atoms with Crippen molar-refractivity contribution < 1.29 is 14.7 Å². The number of allylic oxidation sites excluding steroid dienone is 2. The van der Waals surface area contributed by atoms with Gasteiger partial charge in [-0.1, -0.05) is 0 Å². The molecule has 90 valence electrons. The van der Waals surface area contributed by atoms with Crippen LogP contribution in [0.15, 0.2) is 34.3 Å². The van der Waals surface area contributed by atoms with Crippen LogP contribution in [0, 0.1) is 0 Å². The molecule has 1 N–H and O–H groups in total. The highest BCUT2D eigenvalue weighted by atomic mass is 16.4. The van der Waals surface area contributed by atoms with Gasteiger partial charge in [-0.05, 0) is 12.2 Å². The summed E-state index contributed by atoms with van der Waals surface area (Å²) in [4.78, 5) is 20.6. The van der Waals surface area contributed by atoms with Gasteiger partial charge in [0.1, 0.15) is 12.5 Å². The molecule has 0 aliphatic carbocycles. The maximum atomic E-state index is 10.4. The quantitative estimate of drug-likeness (QED) is 0.311. The van der Waals surface area contributed by atoms with E-state index in [9.17, 15) is 9.59 Å². The van der Waals surface area contributed by atoms with Crippen LogP contribution in [-0.4, -0.2) is 53.4 Å². The van der Waals surface area contributed by atoms with Crippen molar-refractivity contribution in [3.8, 4) is 0 Å². The number of carboxylic acids is 1. The van der Waals surface area contributed by atoms with Gasteiger partial charge in [0, 0.05) is 13.2 Å². The minimum Gasteiger partial charge on any atom is -0.477 e. The number of hydrogen-bond acceptors (Lipinski definition) is 6. The third-order valence-corrected chi connectivity index (χ3v) is 1.81. The number of carbonyl (C=O) groups is 2. The summed E-state index contributed by atoms with van der Waals surface area (Å²) in [6.07, 6.45) is 7.22. The first-order chi connectivity index (χ1) is 8.13. The highest BCUT2D eigenvalue weighted by Crippen LogP contribution is 2.08. The summed E-state index contributed by atoms with van der Waals surface area (Å²) in [5, 5.41) is 19.2. The zero-order valence-corrected chi connectivity index (χ0v) is 9.22. The Labute approximate surface area is 98.0 Å². The Morgan fingerprint density at radius 3 is 3.00 bits per heavy atom. The Morgan fingerprint density at radius 2 is 2.47 bits per heavy atom. The summed E-state index contributed by atoms with van der Waals surface area (Å²) in [5.74, 6) is -1.17. The van der Waals surface area contributed by atoms with Crippen molar-refractivity contribution in [2.45, 2.75) is 0 Å². The Morgan fingerprint density at radius 1 is 1.71 bits per heavy atom. The van der Waals surface area contributed by atoms with E-state index in [1.54, 1.807) is 18.1 Å². The lowest BCUT2D eigenvalue weighted by Gasteiger charge is -2.20. The van der Waals surface area contributed by atoms with Gasteiger partial charge in [-0.15, -0.1) is 0 Å². The lowest BCUT2D eigenvalue weighted by Crippen LogP contribution is -2.21. The normalized spacial score (nSPS) is 15.4. The van der Waals surface area contributed by atoms with Gasteiger partial charge in [0.2, 0.25) is 0 Å². The molecule has 0 amide bonds. The van der Waals surface area contributed by atoms with Crippen molar-refractivity contribution in [2.24, 2.45) is 10.2 Å². The number of aldehydes is 1. The molecule has 0 fully saturated rings. The van der Waals surface area contributed by atoms with Gasteiger partial charge in [0.05, 0.1) is 18.5 Å². The smallest absolute Gasteiger partial charge is 0.348 e. The number of carboxylic acid groups (broad SMARTS) is 1. The molecule has 1 aliphatic rings. The zero-order valence-electron chi connectivity index (χ0n) is 9.22. The van der Waals surface area contributed by atoms with E-state index in [4.69, 9.17) is 5.11 Å². The average Bonchev–Trinajstić information content (AvgIpc) is 2.30. The molecule has 7 heteroatoms. The molecule has 0 radical (unpaired) electrons. The fourth-order valence-electron chi connectivity index (χ4n) is 1.06. The van der Waals surface area contributed by atoms with Crippen molar-refractivity contribution in [1.82, 2.24) is 10.0 Å². The summed E-state index contributed by atoms with van der Waals surface area (Å²) in [7, 11) is 1.80. The van der Waals surface area contributed by atoms with Crippen LogP contribution in [-0.2, 0) is 9.59 Å². The van der Waals surface area contributed by atoms with Gasteiger partial charge in [0.15, 0.2) is 0 Å². The predicted octanol–water partition coefficient (Wildman–Crippen LogP) is -0.113. The number of hydrazone groups is 2. The van der Waals surface area contributed by atoms with E-state index in [0.717, 1.165) is 6.21 Å². The summed E-state index contributed by atoms with van der Waals surface area (Å²) in [6, 6.07) is 0. The monoisotopic (exact) mass is 236 g/mol. The van der Waals surface area contributed by atoms with E-state index in [1.165, 1.54) is 23.5 Å². The summed E-state index contributed by atoms with van der Waals surface area (Å²) in [6.45, 7) is 0.583. The highest BCUT2D eigenvalue weighted by Gasteiger charge is 2.07. The van der Waals surface area contributed by atoms with Crippen LogP contribution in [0.25, 0.3) is 0 Å². The molecule has 0 saturated heterocycles. The first-order valence-corrected chi connectivity index (χ1v) is 4.77. The molecular formula is C10H12N4O3. The topological polar surface area (TPSA) is 85.6 Å². The lowest BCUT2D eigenvalue weighted by molar-refractivity contribution is -0.128. The second-order valence-corrected chi connectivity index (χ2v) is 3.12. The van der Waals surface area contributed by atoms with Crippen LogP contribution in [0.1, 0.15) is 0 Å². The first-order valence-electron chi connectivity index (χ1n) is 4.77.